The van der Waals surface area contributed by atoms with Gasteiger partial charge < -0.3 is 9.88 Å². The van der Waals surface area contributed by atoms with Crippen LogP contribution in [0.25, 0.3) is 11.4 Å². The quantitative estimate of drug-likeness (QED) is 0.932. The highest BCUT2D eigenvalue weighted by atomic mass is 19.3. The first-order chi connectivity index (χ1) is 11.5. The van der Waals surface area contributed by atoms with E-state index in [4.69, 9.17) is 0 Å². The van der Waals surface area contributed by atoms with Gasteiger partial charge in [0.05, 0.1) is 23.9 Å². The van der Waals surface area contributed by atoms with E-state index in [0.29, 0.717) is 5.69 Å². The molecule has 0 spiro atoms. The zero-order valence-corrected chi connectivity index (χ0v) is 13.4. The molecular formula is C16H19F2N5O. The lowest BCUT2D eigenvalue weighted by molar-refractivity contribution is 0.0914. The molecule has 1 amide bonds. The normalized spacial score (nSPS) is 15.7. The molecule has 6 nitrogen and oxygen atoms in total. The van der Waals surface area contributed by atoms with Gasteiger partial charge in [-0.1, -0.05) is 19.3 Å². The molecule has 0 saturated heterocycles. The Balaban J connectivity index is 1.90. The minimum absolute atomic E-state index is 0.0604. The molecule has 2 aromatic heterocycles. The largest absolute Gasteiger partial charge is 0.347 e. The van der Waals surface area contributed by atoms with Crippen molar-refractivity contribution < 1.29 is 13.6 Å². The molecule has 0 aliphatic heterocycles. The number of rotatable bonds is 4. The fraction of sp³-hybridized carbons (Fsp3) is 0.500. The third-order valence-corrected chi connectivity index (χ3v) is 4.19. The highest BCUT2D eigenvalue weighted by Crippen LogP contribution is 2.23. The highest BCUT2D eigenvalue weighted by Gasteiger charge is 2.22. The van der Waals surface area contributed by atoms with Crippen molar-refractivity contribution in [1.82, 2.24) is 24.8 Å². The summed E-state index contributed by atoms with van der Waals surface area (Å²) in [6.07, 6.45) is 5.35. The van der Waals surface area contributed by atoms with Gasteiger partial charge in [0, 0.05) is 13.1 Å². The van der Waals surface area contributed by atoms with Crippen molar-refractivity contribution in [2.45, 2.75) is 44.6 Å². The van der Waals surface area contributed by atoms with Crippen LogP contribution in [0.1, 0.15) is 54.8 Å². The first kappa shape index (κ1) is 16.5. The van der Waals surface area contributed by atoms with Gasteiger partial charge in [-0.15, -0.1) is 0 Å². The first-order valence-electron chi connectivity index (χ1n) is 7.99. The van der Waals surface area contributed by atoms with E-state index < -0.39 is 18.0 Å². The fourth-order valence-corrected chi connectivity index (χ4v) is 2.91. The molecule has 1 saturated carbocycles. The number of aryl methyl sites for hydroxylation is 1. The van der Waals surface area contributed by atoms with Gasteiger partial charge in [0.2, 0.25) is 5.82 Å². The number of nitrogens with one attached hydrogen (secondary N) is 1. The summed E-state index contributed by atoms with van der Waals surface area (Å²) < 4.78 is 27.9. The fourth-order valence-electron chi connectivity index (χ4n) is 2.91. The molecule has 1 N–H and O–H groups in total. The van der Waals surface area contributed by atoms with Crippen LogP contribution in [-0.2, 0) is 7.05 Å². The Labute approximate surface area is 138 Å². The van der Waals surface area contributed by atoms with Gasteiger partial charge in [0.15, 0.2) is 0 Å². The van der Waals surface area contributed by atoms with Crippen LogP contribution in [0.2, 0.25) is 0 Å². The second-order valence-corrected chi connectivity index (χ2v) is 6.00. The number of hydrogen-bond acceptors (Lipinski definition) is 4. The van der Waals surface area contributed by atoms with Crippen molar-refractivity contribution in [3.63, 3.8) is 0 Å². The van der Waals surface area contributed by atoms with Crippen LogP contribution < -0.4 is 5.32 Å². The van der Waals surface area contributed by atoms with E-state index in [0.717, 1.165) is 32.1 Å². The zero-order valence-electron chi connectivity index (χ0n) is 13.4. The molecule has 0 radical (unpaired) electrons. The Morgan fingerprint density at radius 1 is 1.29 bits per heavy atom. The minimum atomic E-state index is -2.78. The van der Waals surface area contributed by atoms with Crippen molar-refractivity contribution in [2.24, 2.45) is 7.05 Å². The van der Waals surface area contributed by atoms with E-state index in [2.05, 4.69) is 20.3 Å². The molecule has 2 heterocycles. The number of amides is 1. The maximum Gasteiger partial charge on any atom is 0.289 e. The van der Waals surface area contributed by atoms with Crippen LogP contribution in [0.3, 0.4) is 0 Å². The lowest BCUT2D eigenvalue weighted by Crippen LogP contribution is -2.37. The molecule has 8 heteroatoms. The number of nitrogens with zero attached hydrogens (tertiary/aromatic N) is 4. The van der Waals surface area contributed by atoms with E-state index in [-0.39, 0.29) is 17.6 Å². The zero-order chi connectivity index (χ0) is 17.1. The van der Waals surface area contributed by atoms with E-state index in [1.165, 1.54) is 12.3 Å². The van der Waals surface area contributed by atoms with Crippen LogP contribution in [0.4, 0.5) is 8.78 Å². The maximum atomic E-state index is 13.1. The second kappa shape index (κ2) is 7.02. The number of imidazole rings is 1. The Kier molecular flexibility index (Phi) is 4.82. The van der Waals surface area contributed by atoms with Crippen LogP contribution in [0.15, 0.2) is 18.6 Å². The Morgan fingerprint density at radius 3 is 2.67 bits per heavy atom. The van der Waals surface area contributed by atoms with Gasteiger partial charge in [-0.2, -0.15) is 0 Å². The van der Waals surface area contributed by atoms with Crippen molar-refractivity contribution in [3.8, 4) is 11.4 Å². The SMILES string of the molecule is Cn1cncc1-c1cc(C(F)F)nc(C(=O)NC2CCCCC2)n1. The Bertz CT molecular complexity index is 725. The molecule has 3 rings (SSSR count). The molecule has 0 unspecified atom stereocenters. The second-order valence-electron chi connectivity index (χ2n) is 6.00. The molecule has 1 fully saturated rings. The highest BCUT2D eigenvalue weighted by molar-refractivity contribution is 5.91. The summed E-state index contributed by atoms with van der Waals surface area (Å²) in [6, 6.07) is 1.25. The number of halogens is 2. The van der Waals surface area contributed by atoms with E-state index in [1.54, 1.807) is 17.9 Å². The summed E-state index contributed by atoms with van der Waals surface area (Å²) in [5.74, 6) is -0.734. The number of hydrogen-bond donors (Lipinski definition) is 1. The summed E-state index contributed by atoms with van der Waals surface area (Å²) in [4.78, 5) is 24.2. The van der Waals surface area contributed by atoms with E-state index >= 15 is 0 Å². The average Bonchev–Trinajstić information content (AvgIpc) is 3.01. The minimum Gasteiger partial charge on any atom is -0.347 e. The first-order valence-corrected chi connectivity index (χ1v) is 7.99. The Morgan fingerprint density at radius 2 is 2.04 bits per heavy atom. The molecule has 0 atom stereocenters. The number of alkyl halides is 2. The molecule has 0 bridgehead atoms. The van der Waals surface area contributed by atoms with Gasteiger partial charge in [-0.3, -0.25) is 4.79 Å². The van der Waals surface area contributed by atoms with Gasteiger partial charge in [-0.05, 0) is 18.9 Å². The summed E-state index contributed by atoms with van der Waals surface area (Å²) in [5, 5.41) is 2.86. The Hall–Kier alpha value is -2.38. The summed E-state index contributed by atoms with van der Waals surface area (Å²) in [6.45, 7) is 0. The van der Waals surface area contributed by atoms with Gasteiger partial charge >= 0.3 is 0 Å². The predicted molar refractivity (Wildman–Crippen MR) is 83.5 cm³/mol. The molecule has 1 aliphatic rings. The number of aromatic nitrogens is 4. The average molecular weight is 335 g/mol. The predicted octanol–water partition coefficient (Wildman–Crippen LogP) is 2.88. The number of carbonyl (C=O) groups is 1. The van der Waals surface area contributed by atoms with Crippen LogP contribution in [0, 0.1) is 0 Å². The van der Waals surface area contributed by atoms with Crippen molar-refractivity contribution in [3.05, 3.63) is 30.1 Å². The van der Waals surface area contributed by atoms with Crippen molar-refractivity contribution >= 4 is 5.91 Å². The van der Waals surface area contributed by atoms with Crippen LogP contribution >= 0.6 is 0 Å². The molecule has 24 heavy (non-hydrogen) atoms. The standard InChI is InChI=1S/C16H19F2N5O/c1-23-9-19-8-13(23)11-7-12(14(17)18)22-15(21-11)16(24)20-10-5-3-2-4-6-10/h7-10,14H,2-6H2,1H3,(H,20,24). The van der Waals surface area contributed by atoms with Crippen molar-refractivity contribution in [2.75, 3.05) is 0 Å². The topological polar surface area (TPSA) is 72.7 Å². The van der Waals surface area contributed by atoms with Crippen LogP contribution in [-0.4, -0.2) is 31.5 Å². The lowest BCUT2D eigenvalue weighted by atomic mass is 9.95. The third-order valence-electron chi connectivity index (χ3n) is 4.19. The molecule has 1 aliphatic carbocycles. The molecule has 128 valence electrons. The van der Waals surface area contributed by atoms with Gasteiger partial charge in [-0.25, -0.2) is 23.7 Å². The lowest BCUT2D eigenvalue weighted by Gasteiger charge is -2.22. The molecule has 0 aromatic carbocycles. The van der Waals surface area contributed by atoms with Crippen LogP contribution in [0.5, 0.6) is 0 Å². The van der Waals surface area contributed by atoms with E-state index in [9.17, 15) is 13.6 Å². The third kappa shape index (κ3) is 3.58. The summed E-state index contributed by atoms with van der Waals surface area (Å²) in [7, 11) is 1.73. The number of carbonyl (C=O) groups excluding carboxylic acids is 1. The van der Waals surface area contributed by atoms with Gasteiger partial charge in [0.25, 0.3) is 12.3 Å². The smallest absolute Gasteiger partial charge is 0.289 e. The molecule has 2 aromatic rings. The molecular weight excluding hydrogens is 316 g/mol. The monoisotopic (exact) mass is 335 g/mol. The van der Waals surface area contributed by atoms with Crippen molar-refractivity contribution in [1.29, 1.82) is 0 Å². The summed E-state index contributed by atoms with van der Waals surface area (Å²) >= 11 is 0. The maximum absolute atomic E-state index is 13.1. The van der Waals surface area contributed by atoms with E-state index in [1.807, 2.05) is 0 Å². The summed E-state index contributed by atoms with van der Waals surface area (Å²) in [5.41, 5.74) is 0.343. The van der Waals surface area contributed by atoms with Gasteiger partial charge in [0.1, 0.15) is 5.69 Å².